The van der Waals surface area contributed by atoms with Crippen molar-refractivity contribution in [2.24, 2.45) is 11.8 Å². The van der Waals surface area contributed by atoms with Crippen LogP contribution in [0.2, 0.25) is 0 Å². The highest BCUT2D eigenvalue weighted by Crippen LogP contribution is 2.39. The predicted octanol–water partition coefficient (Wildman–Crippen LogP) is 1.93. The van der Waals surface area contributed by atoms with E-state index in [0.29, 0.717) is 19.4 Å². The van der Waals surface area contributed by atoms with Crippen LogP contribution in [-0.2, 0) is 47.5 Å². The highest BCUT2D eigenvalue weighted by molar-refractivity contribution is 5.73. The van der Waals surface area contributed by atoms with Crippen molar-refractivity contribution < 1.29 is 47.5 Å². The van der Waals surface area contributed by atoms with Crippen molar-refractivity contribution in [1.82, 2.24) is 4.90 Å². The molecule has 0 aliphatic carbocycles. The van der Waals surface area contributed by atoms with E-state index >= 15 is 0 Å². The van der Waals surface area contributed by atoms with Crippen LogP contribution < -0.4 is 0 Å². The van der Waals surface area contributed by atoms with Gasteiger partial charge in [-0.25, -0.2) is 0 Å². The van der Waals surface area contributed by atoms with Gasteiger partial charge in [-0.1, -0.05) is 12.2 Å². The molecule has 36 heavy (non-hydrogen) atoms. The van der Waals surface area contributed by atoms with Crippen LogP contribution in [0, 0.1) is 11.8 Å². The van der Waals surface area contributed by atoms with Crippen molar-refractivity contribution in [3.8, 4) is 0 Å². The first-order chi connectivity index (χ1) is 17.2. The van der Waals surface area contributed by atoms with Crippen molar-refractivity contribution >= 4 is 17.9 Å². The van der Waals surface area contributed by atoms with Gasteiger partial charge in [-0.2, -0.15) is 0 Å². The largest absolute Gasteiger partial charge is 0.469 e. The molecule has 0 N–H and O–H groups in total. The van der Waals surface area contributed by atoms with Crippen molar-refractivity contribution in [3.63, 3.8) is 0 Å². The van der Waals surface area contributed by atoms with Gasteiger partial charge < -0.3 is 33.2 Å². The highest BCUT2D eigenvalue weighted by Gasteiger charge is 2.42. The molecule has 2 fully saturated rings. The Morgan fingerprint density at radius 2 is 1.28 bits per heavy atom. The highest BCUT2D eigenvalue weighted by atomic mass is 16.7. The van der Waals surface area contributed by atoms with E-state index < -0.39 is 18.5 Å². The van der Waals surface area contributed by atoms with Gasteiger partial charge in [0.2, 0.25) is 0 Å². The number of carbonyl (C=O) groups is 3. The molecule has 0 spiro atoms. The van der Waals surface area contributed by atoms with E-state index in [1.165, 1.54) is 55.3 Å². The fraction of sp³-hybridized carbons (Fsp3) is 0.800. The molecular weight excluding hydrogens is 474 g/mol. The number of esters is 3. The summed E-state index contributed by atoms with van der Waals surface area (Å²) in [6.45, 7) is 4.36. The number of piperidine rings is 2. The number of rotatable bonds is 12. The Hall–Kier alpha value is -2.05. The molecule has 11 nitrogen and oxygen atoms in total. The number of hydrogen-bond donors (Lipinski definition) is 0. The van der Waals surface area contributed by atoms with Crippen molar-refractivity contribution in [1.29, 1.82) is 0 Å². The first kappa shape index (κ1) is 32.0. The van der Waals surface area contributed by atoms with Crippen LogP contribution >= 0.6 is 0 Å². The smallest absolute Gasteiger partial charge is 0.319 e. The lowest BCUT2D eigenvalue weighted by Crippen LogP contribution is -2.55. The van der Waals surface area contributed by atoms with Crippen LogP contribution in [0.4, 0.5) is 0 Å². The first-order valence-electron chi connectivity index (χ1n) is 11.9. The van der Waals surface area contributed by atoms with Gasteiger partial charge in [0.1, 0.15) is 0 Å². The Morgan fingerprint density at radius 1 is 0.806 bits per heavy atom. The molecule has 0 aromatic rings. The second-order valence-electron chi connectivity index (χ2n) is 8.90. The van der Waals surface area contributed by atoms with E-state index in [1.807, 2.05) is 0 Å². The van der Waals surface area contributed by atoms with Gasteiger partial charge in [0, 0.05) is 53.4 Å². The summed E-state index contributed by atoms with van der Waals surface area (Å²) in [7, 11) is 10.3. The van der Waals surface area contributed by atoms with Crippen LogP contribution in [0.15, 0.2) is 12.2 Å². The molecule has 11 heteroatoms. The number of nitrogens with zero attached hydrogens (tertiary/aromatic N) is 1. The van der Waals surface area contributed by atoms with Gasteiger partial charge in [0.25, 0.3) is 0 Å². The Balaban J connectivity index is 0.000000363. The minimum atomic E-state index is -0.450. The summed E-state index contributed by atoms with van der Waals surface area (Å²) in [5.74, 6) is -1.14. The van der Waals surface area contributed by atoms with Gasteiger partial charge in [-0.3, -0.25) is 19.3 Å². The fourth-order valence-electron chi connectivity index (χ4n) is 4.80. The third-order valence-corrected chi connectivity index (χ3v) is 6.71. The number of carbonyl (C=O) groups excluding carboxylic acids is 3. The third kappa shape index (κ3) is 9.78. The summed E-state index contributed by atoms with van der Waals surface area (Å²) >= 11 is 0. The van der Waals surface area contributed by atoms with Crippen LogP contribution in [0.25, 0.3) is 0 Å². The molecule has 0 saturated carbocycles. The zero-order valence-corrected chi connectivity index (χ0v) is 22.7. The SMILES string of the molecule is C=C1CC2CC(C(=O)OC)CC(C1)N2CC(=O)OC.COC(=O)C(CC(OC)OC)CC(OC)OC. The summed E-state index contributed by atoms with van der Waals surface area (Å²) < 4.78 is 34.6. The van der Waals surface area contributed by atoms with E-state index in [4.69, 9.17) is 33.2 Å². The van der Waals surface area contributed by atoms with E-state index in [9.17, 15) is 14.4 Å². The maximum Gasteiger partial charge on any atom is 0.319 e. The van der Waals surface area contributed by atoms with Crippen LogP contribution in [-0.4, -0.2) is 104 Å². The van der Waals surface area contributed by atoms with Crippen LogP contribution in [0.1, 0.15) is 38.5 Å². The second-order valence-corrected chi connectivity index (χ2v) is 8.90. The van der Waals surface area contributed by atoms with Crippen molar-refractivity contribution in [3.05, 3.63) is 12.2 Å². The van der Waals surface area contributed by atoms with Crippen LogP contribution in [0.5, 0.6) is 0 Å². The summed E-state index contributed by atoms with van der Waals surface area (Å²) in [4.78, 5) is 37.0. The lowest BCUT2D eigenvalue weighted by molar-refractivity contribution is -0.165. The van der Waals surface area contributed by atoms with Crippen LogP contribution in [0.3, 0.4) is 0 Å². The molecule has 2 bridgehead atoms. The van der Waals surface area contributed by atoms with Gasteiger partial charge >= 0.3 is 17.9 Å². The zero-order chi connectivity index (χ0) is 27.3. The molecule has 208 valence electrons. The molecule has 0 aromatic heterocycles. The molecule has 0 amide bonds. The Labute approximate surface area is 214 Å². The quantitative estimate of drug-likeness (QED) is 0.163. The summed E-state index contributed by atoms with van der Waals surface area (Å²) in [5.41, 5.74) is 1.21. The summed E-state index contributed by atoms with van der Waals surface area (Å²) in [6.07, 6.45) is 3.05. The number of ether oxygens (including phenoxy) is 7. The van der Waals surface area contributed by atoms with E-state index in [0.717, 1.165) is 25.7 Å². The first-order valence-corrected chi connectivity index (χ1v) is 11.9. The Kier molecular flexibility index (Phi) is 14.8. The minimum Gasteiger partial charge on any atom is -0.469 e. The van der Waals surface area contributed by atoms with Gasteiger partial charge in [0.05, 0.1) is 39.7 Å². The molecule has 2 aliphatic rings. The molecule has 2 aliphatic heterocycles. The van der Waals surface area contributed by atoms with E-state index in [2.05, 4.69) is 11.5 Å². The maximum absolute atomic E-state index is 11.7. The molecule has 2 atom stereocenters. The van der Waals surface area contributed by atoms with Gasteiger partial charge in [0.15, 0.2) is 12.6 Å². The zero-order valence-electron chi connectivity index (χ0n) is 22.7. The monoisotopic (exact) mass is 517 g/mol. The summed E-state index contributed by atoms with van der Waals surface area (Å²) in [5, 5.41) is 0. The normalized spacial score (nSPS) is 21.7. The molecule has 2 heterocycles. The second kappa shape index (κ2) is 16.6. The van der Waals surface area contributed by atoms with E-state index in [1.54, 1.807) is 0 Å². The van der Waals surface area contributed by atoms with Gasteiger partial charge in [-0.05, 0) is 25.7 Å². The lowest BCUT2D eigenvalue weighted by Gasteiger charge is -2.48. The molecule has 0 aromatic carbocycles. The minimum absolute atomic E-state index is 0.0537. The topological polar surface area (TPSA) is 119 Å². The molecular formula is C25H43NO10. The number of hydrogen-bond acceptors (Lipinski definition) is 11. The molecule has 2 saturated heterocycles. The number of methoxy groups -OCH3 is 7. The fourth-order valence-corrected chi connectivity index (χ4v) is 4.80. The average Bonchev–Trinajstić information content (AvgIpc) is 2.88. The third-order valence-electron chi connectivity index (χ3n) is 6.71. The standard InChI is InChI=1S/C14H21NO4.C11H22O6/c1-9-4-11-6-10(14(17)19-3)7-12(5-9)15(11)8-13(16)18-2;1-13-9(14-2)6-8(11(12)17-5)7-10(15-3)16-4/h10-12H,1,4-8H2,2-3H3;8-10H,6-7H2,1-5H3. The molecule has 2 unspecified atom stereocenters. The van der Waals surface area contributed by atoms with Gasteiger partial charge in [-0.15, -0.1) is 0 Å². The number of fused-ring (bicyclic) bond motifs is 2. The van der Waals surface area contributed by atoms with E-state index in [-0.39, 0.29) is 35.9 Å². The predicted molar refractivity (Wildman–Crippen MR) is 130 cm³/mol. The maximum atomic E-state index is 11.7. The average molecular weight is 518 g/mol. The molecule has 2 rings (SSSR count). The summed E-state index contributed by atoms with van der Waals surface area (Å²) in [6, 6.07) is 0.395. The Bertz CT molecular complexity index is 675. The molecule has 0 radical (unpaired) electrons. The lowest BCUT2D eigenvalue weighted by atomic mass is 9.77. The van der Waals surface area contributed by atoms with Crippen molar-refractivity contribution in [2.45, 2.75) is 63.2 Å². The Morgan fingerprint density at radius 3 is 1.64 bits per heavy atom. The van der Waals surface area contributed by atoms with Crippen molar-refractivity contribution in [2.75, 3.05) is 56.3 Å².